The number of carbonyl (C=O) groups is 2. The molecule has 0 unspecified atom stereocenters. The summed E-state index contributed by atoms with van der Waals surface area (Å²) in [4.78, 5) is 26.6. The number of hydroxylamine groups is 1. The number of carbonyl (C=O) groups excluding carboxylic acids is 2. The Morgan fingerprint density at radius 2 is 1.35 bits per heavy atom. The van der Waals surface area contributed by atoms with E-state index >= 15 is 0 Å². The van der Waals surface area contributed by atoms with Gasteiger partial charge in [-0.05, 0) is 65.3 Å². The summed E-state index contributed by atoms with van der Waals surface area (Å²) in [6, 6.07) is 18.2. The van der Waals surface area contributed by atoms with E-state index in [-0.39, 0.29) is 11.4 Å². The minimum Gasteiger partial charge on any atom is -0.622 e. The summed E-state index contributed by atoms with van der Waals surface area (Å²) in [5.41, 5.74) is 0.0811. The van der Waals surface area contributed by atoms with E-state index in [4.69, 9.17) is 9.47 Å². The first-order valence-corrected chi connectivity index (χ1v) is 11.0. The molecule has 0 atom stereocenters. The Kier molecular flexibility index (Phi) is 7.00. The molecule has 0 spiro atoms. The molecule has 2 aromatic carbocycles. The molecule has 1 heterocycles. The average molecular weight is 466 g/mol. The molecule has 0 aliphatic carbocycles. The second kappa shape index (κ2) is 9.59. The van der Waals surface area contributed by atoms with E-state index < -0.39 is 30.1 Å². The standard InChI is InChI=1S/C26H31N3O5/c1-25(2,3)33-23(30)27-18-28(32)22(20-15-11-8-12-16-20)21(17-19-13-9-7-10-14-19)29(27)24(31)34-26(4,5)6/h7-17H,18H2,1-6H3/b21-17+. The van der Waals surface area contributed by atoms with Crippen molar-refractivity contribution in [2.45, 2.75) is 52.7 Å². The molecule has 1 aliphatic rings. The lowest BCUT2D eigenvalue weighted by molar-refractivity contribution is -0.495. The molecule has 0 saturated heterocycles. The quantitative estimate of drug-likeness (QED) is 0.439. The van der Waals surface area contributed by atoms with Gasteiger partial charge in [0, 0.05) is 5.56 Å². The first-order valence-electron chi connectivity index (χ1n) is 11.0. The highest BCUT2D eigenvalue weighted by Gasteiger charge is 2.44. The number of hydrogen-bond donors (Lipinski definition) is 0. The van der Waals surface area contributed by atoms with Crippen molar-refractivity contribution in [2.75, 3.05) is 6.67 Å². The number of hydrogen-bond acceptors (Lipinski definition) is 5. The molecule has 8 heteroatoms. The number of amides is 2. The van der Waals surface area contributed by atoms with Crippen molar-refractivity contribution >= 4 is 24.0 Å². The summed E-state index contributed by atoms with van der Waals surface area (Å²) < 4.78 is 11.8. The van der Waals surface area contributed by atoms with E-state index in [0.717, 1.165) is 15.6 Å². The summed E-state index contributed by atoms with van der Waals surface area (Å²) >= 11 is 0. The van der Waals surface area contributed by atoms with Crippen molar-refractivity contribution in [1.82, 2.24) is 10.0 Å². The van der Waals surface area contributed by atoms with E-state index in [0.29, 0.717) is 10.3 Å². The van der Waals surface area contributed by atoms with Crippen LogP contribution in [0.5, 0.6) is 0 Å². The monoisotopic (exact) mass is 465 g/mol. The van der Waals surface area contributed by atoms with Crippen molar-refractivity contribution < 1.29 is 23.8 Å². The topological polar surface area (TPSA) is 85.2 Å². The van der Waals surface area contributed by atoms with Crippen molar-refractivity contribution in [3.8, 4) is 0 Å². The number of rotatable bonds is 2. The second-order valence-corrected chi connectivity index (χ2v) is 9.85. The van der Waals surface area contributed by atoms with Gasteiger partial charge < -0.3 is 14.7 Å². The zero-order valence-electron chi connectivity index (χ0n) is 20.4. The molecule has 2 aromatic rings. The maximum absolute atomic E-state index is 13.5. The lowest BCUT2D eigenvalue weighted by Gasteiger charge is -2.39. The molecule has 0 N–H and O–H groups in total. The number of nitrogens with zero attached hydrogens (tertiary/aromatic N) is 3. The van der Waals surface area contributed by atoms with Crippen LogP contribution in [0.2, 0.25) is 0 Å². The fraction of sp³-hybridized carbons (Fsp3) is 0.346. The summed E-state index contributed by atoms with van der Waals surface area (Å²) in [6.45, 7) is 9.88. The lowest BCUT2D eigenvalue weighted by atomic mass is 10.0. The Bertz CT molecular complexity index is 1100. The zero-order valence-corrected chi connectivity index (χ0v) is 20.4. The maximum Gasteiger partial charge on any atom is 0.435 e. The second-order valence-electron chi connectivity index (χ2n) is 9.85. The van der Waals surface area contributed by atoms with Crippen molar-refractivity contribution in [1.29, 1.82) is 0 Å². The van der Waals surface area contributed by atoms with Crippen LogP contribution in [0.4, 0.5) is 9.59 Å². The fourth-order valence-electron chi connectivity index (χ4n) is 3.29. The lowest BCUT2D eigenvalue weighted by Crippen LogP contribution is -2.59. The van der Waals surface area contributed by atoms with Crippen LogP contribution in [-0.4, -0.2) is 50.5 Å². The molecular weight excluding hydrogens is 434 g/mol. The zero-order chi connectivity index (χ0) is 25.1. The third kappa shape index (κ3) is 6.15. The number of allylic oxidation sites excluding steroid dienone is 1. The van der Waals surface area contributed by atoms with Crippen molar-refractivity contribution in [3.05, 3.63) is 82.7 Å². The number of benzene rings is 2. The summed E-state index contributed by atoms with van der Waals surface area (Å²) in [5, 5.41) is 15.4. The van der Waals surface area contributed by atoms with Gasteiger partial charge in [0.05, 0.1) is 0 Å². The molecule has 0 aromatic heterocycles. The largest absolute Gasteiger partial charge is 0.622 e. The van der Waals surface area contributed by atoms with Gasteiger partial charge in [0.15, 0.2) is 0 Å². The van der Waals surface area contributed by atoms with E-state index in [9.17, 15) is 14.8 Å². The van der Waals surface area contributed by atoms with Gasteiger partial charge in [0.25, 0.3) is 6.67 Å². The highest BCUT2D eigenvalue weighted by molar-refractivity contribution is 6.13. The van der Waals surface area contributed by atoms with Gasteiger partial charge in [-0.25, -0.2) is 9.59 Å². The molecule has 34 heavy (non-hydrogen) atoms. The van der Waals surface area contributed by atoms with E-state index in [1.165, 1.54) is 0 Å². The maximum atomic E-state index is 13.5. The Labute approximate surface area is 200 Å². The van der Waals surface area contributed by atoms with Gasteiger partial charge in [-0.2, -0.15) is 9.75 Å². The van der Waals surface area contributed by atoms with E-state index in [1.807, 2.05) is 36.4 Å². The summed E-state index contributed by atoms with van der Waals surface area (Å²) in [6.07, 6.45) is 0.0283. The minimum absolute atomic E-state index is 0.193. The van der Waals surface area contributed by atoms with Gasteiger partial charge in [-0.15, -0.1) is 5.01 Å². The smallest absolute Gasteiger partial charge is 0.435 e. The Morgan fingerprint density at radius 3 is 1.88 bits per heavy atom. The molecule has 0 fully saturated rings. The average Bonchev–Trinajstić information content (AvgIpc) is 2.72. The molecule has 0 bridgehead atoms. The highest BCUT2D eigenvalue weighted by atomic mass is 16.6. The van der Waals surface area contributed by atoms with Gasteiger partial charge in [-0.3, -0.25) is 0 Å². The minimum atomic E-state index is -0.842. The third-order valence-electron chi connectivity index (χ3n) is 4.54. The van der Waals surface area contributed by atoms with Gasteiger partial charge in [0.1, 0.15) is 16.9 Å². The van der Waals surface area contributed by atoms with Crippen LogP contribution >= 0.6 is 0 Å². The molecule has 8 nitrogen and oxygen atoms in total. The molecule has 0 radical (unpaired) electrons. The summed E-state index contributed by atoms with van der Waals surface area (Å²) in [7, 11) is 0. The first-order chi connectivity index (χ1) is 15.9. The van der Waals surface area contributed by atoms with E-state index in [1.54, 1.807) is 71.9 Å². The van der Waals surface area contributed by atoms with Gasteiger partial charge in [0.2, 0.25) is 5.71 Å². The Hall–Kier alpha value is -3.81. The van der Waals surface area contributed by atoms with E-state index in [2.05, 4.69) is 0 Å². The number of ether oxygens (including phenoxy) is 2. The predicted molar refractivity (Wildman–Crippen MR) is 130 cm³/mol. The fourth-order valence-corrected chi connectivity index (χ4v) is 3.29. The van der Waals surface area contributed by atoms with Crippen LogP contribution in [0.15, 0.2) is 66.4 Å². The molecule has 1 aliphatic heterocycles. The van der Waals surface area contributed by atoms with Crippen LogP contribution in [0.3, 0.4) is 0 Å². The Balaban J connectivity index is 2.23. The van der Waals surface area contributed by atoms with Crippen molar-refractivity contribution in [3.63, 3.8) is 0 Å². The number of hydrazine groups is 1. The summed E-state index contributed by atoms with van der Waals surface area (Å²) in [5.74, 6) is 0. The van der Waals surface area contributed by atoms with Gasteiger partial charge in [-0.1, -0.05) is 48.5 Å². The van der Waals surface area contributed by atoms with Crippen LogP contribution in [0, 0.1) is 5.21 Å². The van der Waals surface area contributed by atoms with Crippen LogP contribution < -0.4 is 0 Å². The normalized spacial score (nSPS) is 16.0. The predicted octanol–water partition coefficient (Wildman–Crippen LogP) is 5.39. The SMILES string of the molecule is CC(C)(C)OC(=O)N1C[N+]([O-])=C(c2ccccc2)/C(=C\c2ccccc2)N1C(=O)OC(C)(C)C. The van der Waals surface area contributed by atoms with Crippen LogP contribution in [0.25, 0.3) is 6.08 Å². The van der Waals surface area contributed by atoms with Crippen molar-refractivity contribution in [2.24, 2.45) is 0 Å². The Morgan fingerprint density at radius 1 is 0.853 bits per heavy atom. The molecule has 3 rings (SSSR count). The third-order valence-corrected chi connectivity index (χ3v) is 4.54. The molecule has 2 amide bonds. The molecule has 0 saturated carbocycles. The molecular formula is C26H31N3O5. The first kappa shape index (κ1) is 24.8. The van der Waals surface area contributed by atoms with Gasteiger partial charge >= 0.3 is 12.2 Å². The highest BCUT2D eigenvalue weighted by Crippen LogP contribution is 2.27. The molecule has 180 valence electrons. The van der Waals surface area contributed by atoms with Crippen LogP contribution in [-0.2, 0) is 9.47 Å². The van der Waals surface area contributed by atoms with Crippen LogP contribution in [0.1, 0.15) is 52.7 Å².